The molecule has 136 valence electrons. The minimum absolute atomic E-state index is 0.0986. The number of ether oxygens (including phenoxy) is 2. The molecule has 25 heavy (non-hydrogen) atoms. The van der Waals surface area contributed by atoms with Crippen LogP contribution in [0.2, 0.25) is 0 Å². The van der Waals surface area contributed by atoms with Crippen LogP contribution in [-0.4, -0.2) is 63.2 Å². The van der Waals surface area contributed by atoms with Gasteiger partial charge in [0, 0.05) is 26.4 Å². The van der Waals surface area contributed by atoms with Crippen molar-refractivity contribution >= 4 is 29.2 Å². The van der Waals surface area contributed by atoms with E-state index in [0.717, 1.165) is 0 Å². The molecular formula is C16H22N4O5. The first-order valence-electron chi connectivity index (χ1n) is 7.74. The fourth-order valence-corrected chi connectivity index (χ4v) is 2.48. The third kappa shape index (κ3) is 4.83. The van der Waals surface area contributed by atoms with E-state index < -0.39 is 12.1 Å². The molecular weight excluding hydrogens is 328 g/mol. The monoisotopic (exact) mass is 350 g/mol. The lowest BCUT2D eigenvalue weighted by molar-refractivity contribution is -0.128. The molecule has 0 spiro atoms. The Bertz CT molecular complexity index is 664. The lowest BCUT2D eigenvalue weighted by Gasteiger charge is -2.15. The number of anilines is 2. The maximum Gasteiger partial charge on any atom is 0.319 e. The molecule has 3 N–H and O–H groups in total. The number of methoxy groups -OCH3 is 2. The predicted molar refractivity (Wildman–Crippen MR) is 91.7 cm³/mol. The molecule has 0 radical (unpaired) electrons. The van der Waals surface area contributed by atoms with E-state index in [-0.39, 0.29) is 18.4 Å². The molecule has 0 aromatic heterocycles. The van der Waals surface area contributed by atoms with Crippen LogP contribution in [-0.2, 0) is 14.3 Å². The Morgan fingerprint density at radius 3 is 2.64 bits per heavy atom. The van der Waals surface area contributed by atoms with Gasteiger partial charge in [-0.25, -0.2) is 4.79 Å². The number of amides is 4. The second-order valence-corrected chi connectivity index (χ2v) is 5.60. The van der Waals surface area contributed by atoms with Gasteiger partial charge in [-0.15, -0.1) is 0 Å². The number of hydrogen-bond donors (Lipinski definition) is 3. The van der Waals surface area contributed by atoms with Crippen molar-refractivity contribution in [1.82, 2.24) is 10.2 Å². The molecule has 1 atom stereocenters. The van der Waals surface area contributed by atoms with Gasteiger partial charge in [-0.05, 0) is 24.6 Å². The summed E-state index contributed by atoms with van der Waals surface area (Å²) in [4.78, 5) is 37.1. The molecule has 1 aliphatic rings. The van der Waals surface area contributed by atoms with Crippen LogP contribution in [0.3, 0.4) is 0 Å². The van der Waals surface area contributed by atoms with Crippen LogP contribution in [0, 0.1) is 0 Å². The van der Waals surface area contributed by atoms with Crippen LogP contribution in [0.25, 0.3) is 0 Å². The van der Waals surface area contributed by atoms with Crippen molar-refractivity contribution in [2.45, 2.75) is 12.5 Å². The topological polar surface area (TPSA) is 109 Å². The number of nitrogens with zero attached hydrogens (tertiary/aromatic N) is 1. The Labute approximate surface area is 145 Å². The average Bonchev–Trinajstić information content (AvgIpc) is 2.87. The lowest BCUT2D eigenvalue weighted by atomic mass is 10.2. The minimum Gasteiger partial charge on any atom is -0.495 e. The molecule has 1 aromatic carbocycles. The minimum atomic E-state index is -0.524. The van der Waals surface area contributed by atoms with Gasteiger partial charge in [0.1, 0.15) is 18.4 Å². The van der Waals surface area contributed by atoms with Gasteiger partial charge in [0.15, 0.2) is 0 Å². The Morgan fingerprint density at radius 1 is 1.28 bits per heavy atom. The molecule has 9 nitrogen and oxygen atoms in total. The third-order valence-corrected chi connectivity index (χ3v) is 3.74. The second-order valence-electron chi connectivity index (χ2n) is 5.60. The smallest absolute Gasteiger partial charge is 0.319 e. The molecule has 1 fully saturated rings. The van der Waals surface area contributed by atoms with E-state index in [1.165, 1.54) is 14.2 Å². The average molecular weight is 350 g/mol. The molecule has 4 amide bonds. The van der Waals surface area contributed by atoms with E-state index in [4.69, 9.17) is 9.47 Å². The number of rotatable bonds is 6. The zero-order chi connectivity index (χ0) is 18.4. The summed E-state index contributed by atoms with van der Waals surface area (Å²) in [5.74, 6) is -0.0117. The number of urea groups is 1. The summed E-state index contributed by atoms with van der Waals surface area (Å²) in [5.41, 5.74) is 0.851. The van der Waals surface area contributed by atoms with E-state index in [2.05, 4.69) is 16.0 Å². The Kier molecular flexibility index (Phi) is 6.18. The quantitative estimate of drug-likeness (QED) is 0.697. The summed E-state index contributed by atoms with van der Waals surface area (Å²) in [6, 6.07) is 3.80. The van der Waals surface area contributed by atoms with Gasteiger partial charge < -0.3 is 30.3 Å². The molecule has 1 aromatic rings. The highest BCUT2D eigenvalue weighted by molar-refractivity contribution is 5.97. The first-order chi connectivity index (χ1) is 11.9. The SMILES string of the molecule is COCC(=O)Nc1cc(NC(=O)N[C@@H]2CCN(C)C2=O)ccc1OC. The highest BCUT2D eigenvalue weighted by atomic mass is 16.5. The molecule has 1 aliphatic heterocycles. The van der Waals surface area contributed by atoms with Crippen LogP contribution in [0.15, 0.2) is 18.2 Å². The van der Waals surface area contributed by atoms with Crippen molar-refractivity contribution in [1.29, 1.82) is 0 Å². The summed E-state index contributed by atoms with van der Waals surface area (Å²) in [7, 11) is 4.59. The molecule has 1 saturated heterocycles. The first kappa shape index (κ1) is 18.5. The molecule has 9 heteroatoms. The van der Waals surface area contributed by atoms with Gasteiger partial charge in [0.2, 0.25) is 11.8 Å². The number of carbonyl (C=O) groups excluding carboxylic acids is 3. The lowest BCUT2D eigenvalue weighted by Crippen LogP contribution is -2.42. The van der Waals surface area contributed by atoms with Crippen LogP contribution >= 0.6 is 0 Å². The largest absolute Gasteiger partial charge is 0.495 e. The number of carbonyl (C=O) groups is 3. The molecule has 0 aliphatic carbocycles. The maximum absolute atomic E-state index is 12.1. The molecule has 0 bridgehead atoms. The van der Waals surface area contributed by atoms with E-state index in [1.807, 2.05) is 0 Å². The standard InChI is InChI=1S/C16H22N4O5/c1-20-7-6-11(15(20)22)19-16(23)17-10-4-5-13(25-3)12(8-10)18-14(21)9-24-2/h4-5,8,11H,6-7,9H2,1-3H3,(H,18,21)(H2,17,19,23)/t11-/m1/s1. The van der Waals surface area contributed by atoms with Gasteiger partial charge in [0.05, 0.1) is 12.8 Å². The summed E-state index contributed by atoms with van der Waals surface area (Å²) in [6.07, 6.45) is 0.573. The van der Waals surface area contributed by atoms with Crippen molar-refractivity contribution < 1.29 is 23.9 Å². The molecule has 2 rings (SSSR count). The van der Waals surface area contributed by atoms with Gasteiger partial charge >= 0.3 is 6.03 Å². The van der Waals surface area contributed by atoms with Gasteiger partial charge in [-0.1, -0.05) is 0 Å². The normalized spacial score (nSPS) is 16.5. The third-order valence-electron chi connectivity index (χ3n) is 3.74. The van der Waals surface area contributed by atoms with Gasteiger partial charge in [-0.3, -0.25) is 9.59 Å². The van der Waals surface area contributed by atoms with Crippen LogP contribution in [0.4, 0.5) is 16.2 Å². The predicted octanol–water partition coefficient (Wildman–Crippen LogP) is 0.632. The van der Waals surface area contributed by atoms with Crippen molar-refractivity contribution in [3.63, 3.8) is 0 Å². The zero-order valence-corrected chi connectivity index (χ0v) is 14.4. The zero-order valence-electron chi connectivity index (χ0n) is 14.4. The Balaban J connectivity index is 2.02. The number of likely N-dealkylation sites (tertiary alicyclic amines) is 1. The first-order valence-corrected chi connectivity index (χ1v) is 7.74. The van der Waals surface area contributed by atoms with E-state index in [9.17, 15) is 14.4 Å². The fraction of sp³-hybridized carbons (Fsp3) is 0.438. The highest BCUT2D eigenvalue weighted by Gasteiger charge is 2.30. The van der Waals surface area contributed by atoms with Crippen molar-refractivity contribution in [2.24, 2.45) is 0 Å². The van der Waals surface area contributed by atoms with Crippen molar-refractivity contribution in [2.75, 3.05) is 45.1 Å². The Hall–Kier alpha value is -2.81. The second kappa shape index (κ2) is 8.34. The van der Waals surface area contributed by atoms with Gasteiger partial charge in [-0.2, -0.15) is 0 Å². The number of hydrogen-bond acceptors (Lipinski definition) is 5. The summed E-state index contributed by atoms with van der Waals surface area (Å²) in [5, 5.41) is 7.92. The van der Waals surface area contributed by atoms with Crippen LogP contribution in [0.1, 0.15) is 6.42 Å². The highest BCUT2D eigenvalue weighted by Crippen LogP contribution is 2.27. The van der Waals surface area contributed by atoms with Crippen LogP contribution < -0.4 is 20.7 Å². The van der Waals surface area contributed by atoms with E-state index >= 15 is 0 Å². The van der Waals surface area contributed by atoms with Crippen molar-refractivity contribution in [3.05, 3.63) is 18.2 Å². The molecule has 0 unspecified atom stereocenters. The number of likely N-dealkylation sites (N-methyl/N-ethyl adjacent to an activating group) is 1. The van der Waals surface area contributed by atoms with E-state index in [1.54, 1.807) is 30.1 Å². The van der Waals surface area contributed by atoms with Crippen LogP contribution in [0.5, 0.6) is 5.75 Å². The maximum atomic E-state index is 12.1. The van der Waals surface area contributed by atoms with Gasteiger partial charge in [0.25, 0.3) is 0 Å². The summed E-state index contributed by atoms with van der Waals surface area (Å²) in [6.45, 7) is 0.514. The summed E-state index contributed by atoms with van der Waals surface area (Å²) >= 11 is 0. The van der Waals surface area contributed by atoms with Crippen molar-refractivity contribution in [3.8, 4) is 5.75 Å². The number of benzene rings is 1. The Morgan fingerprint density at radius 2 is 2.04 bits per heavy atom. The molecule has 0 saturated carbocycles. The molecule has 1 heterocycles. The number of nitrogens with one attached hydrogen (secondary N) is 3. The summed E-state index contributed by atoms with van der Waals surface area (Å²) < 4.78 is 9.95. The fourth-order valence-electron chi connectivity index (χ4n) is 2.48. The van der Waals surface area contributed by atoms with E-state index in [0.29, 0.717) is 30.1 Å².